The van der Waals surface area contributed by atoms with Crippen LogP contribution >= 0.6 is 0 Å². The lowest BCUT2D eigenvalue weighted by Crippen LogP contribution is -2.62. The van der Waals surface area contributed by atoms with E-state index in [9.17, 15) is 24.9 Å². The fourth-order valence-electron chi connectivity index (χ4n) is 9.47. The molecule has 0 aliphatic heterocycles. The Morgan fingerprint density at radius 2 is 1.66 bits per heavy atom. The van der Waals surface area contributed by atoms with Crippen molar-refractivity contribution in [1.29, 1.82) is 0 Å². The van der Waals surface area contributed by atoms with E-state index < -0.39 is 11.4 Å². The van der Waals surface area contributed by atoms with Crippen LogP contribution in [0.3, 0.4) is 0 Å². The van der Waals surface area contributed by atoms with Crippen LogP contribution in [0.2, 0.25) is 0 Å². The van der Waals surface area contributed by atoms with Crippen LogP contribution in [0.15, 0.2) is 17.7 Å². The van der Waals surface area contributed by atoms with Crippen molar-refractivity contribution in [2.24, 2.45) is 27.6 Å². The minimum atomic E-state index is -0.715. The molecule has 7 atom stereocenters. The molecule has 3 saturated carbocycles. The summed E-state index contributed by atoms with van der Waals surface area (Å²) < 4.78 is 5.07. The van der Waals surface area contributed by atoms with Crippen LogP contribution in [-0.2, 0) is 19.7 Å². The SMILES string of the molecule is COC(=O)C[C@@H]1C=C2[C@@](C)(CC[C@@]3(C)[C@@H]4C[C@](C)(C(=O)O)CC[C@]4(C)CC[C@]23C)c2cc(O)c(O)c(C)c21. The molecule has 0 amide bonds. The summed E-state index contributed by atoms with van der Waals surface area (Å²) in [6, 6.07) is 1.72. The highest BCUT2D eigenvalue weighted by atomic mass is 16.5. The number of aliphatic carboxylic acids is 1. The van der Waals surface area contributed by atoms with Crippen molar-refractivity contribution >= 4 is 11.9 Å². The van der Waals surface area contributed by atoms with Crippen LogP contribution in [0.4, 0.5) is 0 Å². The molecule has 6 nitrogen and oxygen atoms in total. The summed E-state index contributed by atoms with van der Waals surface area (Å²) >= 11 is 0. The summed E-state index contributed by atoms with van der Waals surface area (Å²) in [5.41, 5.74) is 2.55. The van der Waals surface area contributed by atoms with Crippen LogP contribution in [-0.4, -0.2) is 34.4 Å². The zero-order valence-electron chi connectivity index (χ0n) is 24.0. The zero-order chi connectivity index (χ0) is 28.1. The van der Waals surface area contributed by atoms with Gasteiger partial charge in [-0.05, 0) is 104 Å². The Balaban J connectivity index is 1.69. The number of carboxylic acids is 1. The van der Waals surface area contributed by atoms with E-state index in [2.05, 4.69) is 33.8 Å². The zero-order valence-corrected chi connectivity index (χ0v) is 24.0. The molecule has 0 aromatic heterocycles. The van der Waals surface area contributed by atoms with E-state index in [1.165, 1.54) is 12.7 Å². The topological polar surface area (TPSA) is 104 Å². The molecule has 3 fully saturated rings. The van der Waals surface area contributed by atoms with Gasteiger partial charge < -0.3 is 20.1 Å². The van der Waals surface area contributed by atoms with E-state index in [1.807, 2.05) is 13.8 Å². The summed E-state index contributed by atoms with van der Waals surface area (Å²) in [5, 5.41) is 31.5. The van der Waals surface area contributed by atoms with Crippen molar-refractivity contribution < 1.29 is 29.6 Å². The maximum Gasteiger partial charge on any atom is 0.309 e. The molecule has 0 saturated heterocycles. The number of esters is 1. The quantitative estimate of drug-likeness (QED) is 0.230. The van der Waals surface area contributed by atoms with Gasteiger partial charge in [0.2, 0.25) is 0 Å². The minimum absolute atomic E-state index is 0.107. The van der Waals surface area contributed by atoms with E-state index in [0.29, 0.717) is 12.0 Å². The summed E-state index contributed by atoms with van der Waals surface area (Å²) in [4.78, 5) is 24.9. The second-order valence-corrected chi connectivity index (χ2v) is 14.2. The van der Waals surface area contributed by atoms with Crippen molar-refractivity contribution in [3.63, 3.8) is 0 Å². The summed E-state index contributed by atoms with van der Waals surface area (Å²) in [5.74, 6) is -1.25. The number of aromatic hydroxyl groups is 2. The van der Waals surface area contributed by atoms with E-state index in [1.54, 1.807) is 6.07 Å². The molecule has 0 bridgehead atoms. The van der Waals surface area contributed by atoms with Gasteiger partial charge in [-0.1, -0.05) is 39.3 Å². The number of methoxy groups -OCH3 is 1. The van der Waals surface area contributed by atoms with Gasteiger partial charge in [0.15, 0.2) is 11.5 Å². The minimum Gasteiger partial charge on any atom is -0.504 e. The number of fused-ring (bicyclic) bond motifs is 7. The lowest BCUT2D eigenvalue weighted by atomic mass is 9.34. The molecule has 0 unspecified atom stereocenters. The monoisotopic (exact) mass is 524 g/mol. The number of hydrogen-bond donors (Lipinski definition) is 3. The maximum atomic E-state index is 12.6. The molecular weight excluding hydrogens is 480 g/mol. The lowest BCUT2D eigenvalue weighted by Gasteiger charge is -2.70. The highest BCUT2D eigenvalue weighted by molar-refractivity contribution is 5.74. The van der Waals surface area contributed by atoms with Crippen LogP contribution in [0.5, 0.6) is 11.5 Å². The first-order valence-corrected chi connectivity index (χ1v) is 14.2. The molecule has 38 heavy (non-hydrogen) atoms. The Morgan fingerprint density at radius 3 is 2.29 bits per heavy atom. The molecule has 0 radical (unpaired) electrons. The highest BCUT2D eigenvalue weighted by Crippen LogP contribution is 2.75. The van der Waals surface area contributed by atoms with Crippen molar-refractivity contribution in [1.82, 2.24) is 0 Å². The Morgan fingerprint density at radius 1 is 1.00 bits per heavy atom. The van der Waals surface area contributed by atoms with Gasteiger partial charge in [-0.2, -0.15) is 0 Å². The van der Waals surface area contributed by atoms with Crippen molar-refractivity contribution in [3.8, 4) is 11.5 Å². The molecule has 0 spiro atoms. The van der Waals surface area contributed by atoms with Gasteiger partial charge in [0, 0.05) is 11.3 Å². The van der Waals surface area contributed by atoms with Gasteiger partial charge in [-0.3, -0.25) is 9.59 Å². The third kappa shape index (κ3) is 3.37. The Labute approximate surface area is 226 Å². The second-order valence-electron chi connectivity index (χ2n) is 14.2. The average Bonchev–Trinajstić information content (AvgIpc) is 2.86. The number of carboxylic acid groups (broad SMARTS) is 1. The molecule has 1 aromatic rings. The predicted octanol–water partition coefficient (Wildman–Crippen LogP) is 6.75. The highest BCUT2D eigenvalue weighted by Gasteiger charge is 2.67. The smallest absolute Gasteiger partial charge is 0.309 e. The third-order valence-electron chi connectivity index (χ3n) is 12.3. The fourth-order valence-corrected chi connectivity index (χ4v) is 9.47. The Bertz CT molecular complexity index is 1250. The van der Waals surface area contributed by atoms with Gasteiger partial charge in [-0.25, -0.2) is 0 Å². The number of benzene rings is 1. The van der Waals surface area contributed by atoms with Crippen LogP contribution in [0.1, 0.15) is 109 Å². The summed E-state index contributed by atoms with van der Waals surface area (Å²) in [6.45, 7) is 13.1. The third-order valence-corrected chi connectivity index (χ3v) is 12.3. The molecule has 4 aliphatic rings. The molecule has 5 rings (SSSR count). The number of phenolic OH excluding ortho intramolecular Hbond substituents is 2. The molecule has 6 heteroatoms. The van der Waals surface area contributed by atoms with Gasteiger partial charge in [0.1, 0.15) is 0 Å². The van der Waals surface area contributed by atoms with Gasteiger partial charge >= 0.3 is 11.9 Å². The van der Waals surface area contributed by atoms with E-state index in [-0.39, 0.29) is 57.4 Å². The molecule has 3 N–H and O–H groups in total. The van der Waals surface area contributed by atoms with Gasteiger partial charge in [0.05, 0.1) is 18.9 Å². The second kappa shape index (κ2) is 8.25. The fraction of sp³-hybridized carbons (Fsp3) is 0.688. The normalized spacial score (nSPS) is 41.6. The number of carbonyl (C=O) groups is 2. The number of rotatable bonds is 3. The number of carbonyl (C=O) groups excluding carboxylic acids is 1. The Kier molecular flexibility index (Phi) is 5.88. The average molecular weight is 525 g/mol. The number of ether oxygens (including phenoxy) is 1. The maximum absolute atomic E-state index is 12.6. The first-order valence-electron chi connectivity index (χ1n) is 14.2. The van der Waals surface area contributed by atoms with Crippen LogP contribution in [0, 0.1) is 34.5 Å². The largest absolute Gasteiger partial charge is 0.504 e. The van der Waals surface area contributed by atoms with Crippen LogP contribution in [0.25, 0.3) is 0 Å². The standard InChI is InChI=1S/C32H44O6/c1-18-25-19(15-24(34)38-7)14-22-30(4,20(25)16-21(33)26(18)35)11-13-32(6)23-17-29(3,27(36)37)9-8-28(23,2)10-12-31(22,32)5/h14,16,19,23,33,35H,8-13,15,17H2,1-7H3,(H,36,37)/t19-,23+,28+,29+,30-,31+,32-/m0/s1. The number of hydrogen-bond acceptors (Lipinski definition) is 5. The molecule has 208 valence electrons. The molecule has 4 aliphatic carbocycles. The van der Waals surface area contributed by atoms with Crippen molar-refractivity contribution in [3.05, 3.63) is 34.4 Å². The number of allylic oxidation sites excluding steroid dienone is 2. The molecule has 0 heterocycles. The van der Waals surface area contributed by atoms with Gasteiger partial charge in [0.25, 0.3) is 0 Å². The lowest BCUT2D eigenvalue weighted by molar-refractivity contribution is -0.177. The van der Waals surface area contributed by atoms with E-state index in [4.69, 9.17) is 4.74 Å². The first kappa shape index (κ1) is 27.1. The van der Waals surface area contributed by atoms with Crippen LogP contribution < -0.4 is 0 Å². The Hall–Kier alpha value is -2.50. The van der Waals surface area contributed by atoms with E-state index in [0.717, 1.165) is 49.7 Å². The summed E-state index contributed by atoms with van der Waals surface area (Å²) in [7, 11) is 1.40. The van der Waals surface area contributed by atoms with E-state index >= 15 is 0 Å². The summed E-state index contributed by atoms with van der Waals surface area (Å²) in [6.07, 6.45) is 8.65. The first-order chi connectivity index (χ1) is 17.6. The molecular formula is C32H44O6. The van der Waals surface area contributed by atoms with Crippen molar-refractivity contribution in [2.45, 2.75) is 104 Å². The number of phenols is 2. The predicted molar refractivity (Wildman–Crippen MR) is 145 cm³/mol. The van der Waals surface area contributed by atoms with Gasteiger partial charge in [-0.15, -0.1) is 0 Å². The molecule has 1 aromatic carbocycles. The van der Waals surface area contributed by atoms with Crippen molar-refractivity contribution in [2.75, 3.05) is 7.11 Å².